The summed E-state index contributed by atoms with van der Waals surface area (Å²) >= 11 is 7.73. The summed E-state index contributed by atoms with van der Waals surface area (Å²) in [6.45, 7) is 5.06. The van der Waals surface area contributed by atoms with Crippen molar-refractivity contribution < 1.29 is 9.32 Å². The fraction of sp³-hybridized carbons (Fsp3) is 0.400. The minimum absolute atomic E-state index is 0.0766. The molecule has 0 unspecified atom stereocenters. The Morgan fingerprint density at radius 3 is 2.70 bits per heavy atom. The van der Waals surface area contributed by atoms with Crippen LogP contribution in [0.25, 0.3) is 11.4 Å². The number of hydrogen-bond donors (Lipinski definition) is 1. The van der Waals surface area contributed by atoms with Gasteiger partial charge in [-0.2, -0.15) is 16.7 Å². The normalized spacial score (nSPS) is 15.0. The quantitative estimate of drug-likeness (QED) is 0.433. The van der Waals surface area contributed by atoms with E-state index >= 15 is 0 Å². The fourth-order valence-corrected chi connectivity index (χ4v) is 4.90. The summed E-state index contributed by atoms with van der Waals surface area (Å²) < 4.78 is 5.47. The molecule has 6 nitrogen and oxygen atoms in total. The lowest BCUT2D eigenvalue weighted by Gasteiger charge is -2.30. The number of piperidine rings is 1. The first-order valence-electron chi connectivity index (χ1n) is 11.3. The maximum absolute atomic E-state index is 12.5. The summed E-state index contributed by atoms with van der Waals surface area (Å²) in [6, 6.07) is 15.9. The van der Waals surface area contributed by atoms with Crippen molar-refractivity contribution in [3.63, 3.8) is 0 Å². The van der Waals surface area contributed by atoms with Gasteiger partial charge in [-0.1, -0.05) is 53.2 Å². The van der Waals surface area contributed by atoms with Crippen LogP contribution < -0.4 is 5.32 Å². The third kappa shape index (κ3) is 6.82. The van der Waals surface area contributed by atoms with Gasteiger partial charge in [-0.15, -0.1) is 0 Å². The minimum Gasteiger partial charge on any atom is -0.355 e. The lowest BCUT2D eigenvalue weighted by atomic mass is 9.96. The Morgan fingerprint density at radius 2 is 1.94 bits per heavy atom. The van der Waals surface area contributed by atoms with Gasteiger partial charge >= 0.3 is 0 Å². The standard InChI is InChI=1S/C25H29ClN4O2S/c1-18-4-2-3-5-22(18)24-28-23(32-29-24)16-30-13-10-20(11-14-30)25(31)27-12-15-33-17-19-6-8-21(26)9-7-19/h2-9,20H,10-17H2,1H3,(H,27,31). The molecule has 0 spiro atoms. The Morgan fingerprint density at radius 1 is 1.18 bits per heavy atom. The second-order valence-corrected chi connectivity index (χ2v) is 9.89. The van der Waals surface area contributed by atoms with Gasteiger partial charge in [0.1, 0.15) is 0 Å². The molecule has 4 rings (SSSR count). The number of carbonyl (C=O) groups is 1. The molecule has 0 radical (unpaired) electrons. The number of carbonyl (C=O) groups excluding carboxylic acids is 1. The first-order valence-corrected chi connectivity index (χ1v) is 12.8. The van der Waals surface area contributed by atoms with Crippen LogP contribution in [0.5, 0.6) is 0 Å². The largest absolute Gasteiger partial charge is 0.355 e. The Hall–Kier alpha value is -2.35. The highest BCUT2D eigenvalue weighted by Crippen LogP contribution is 2.22. The molecule has 0 saturated carbocycles. The van der Waals surface area contributed by atoms with Crippen LogP contribution in [0.1, 0.15) is 29.9 Å². The molecule has 174 valence electrons. The molecule has 2 aromatic carbocycles. The van der Waals surface area contributed by atoms with Gasteiger partial charge in [0.2, 0.25) is 17.6 Å². The van der Waals surface area contributed by atoms with Gasteiger partial charge in [-0.25, -0.2) is 0 Å². The lowest BCUT2D eigenvalue weighted by Crippen LogP contribution is -2.40. The van der Waals surface area contributed by atoms with E-state index in [0.29, 0.717) is 24.8 Å². The number of nitrogens with zero attached hydrogens (tertiary/aromatic N) is 3. The predicted octanol–water partition coefficient (Wildman–Crippen LogP) is 4.96. The zero-order chi connectivity index (χ0) is 23.0. The third-order valence-electron chi connectivity index (χ3n) is 5.90. The second kappa shape index (κ2) is 11.7. The zero-order valence-electron chi connectivity index (χ0n) is 18.8. The number of hydrogen-bond acceptors (Lipinski definition) is 6. The van der Waals surface area contributed by atoms with E-state index in [2.05, 4.69) is 20.4 Å². The zero-order valence-corrected chi connectivity index (χ0v) is 20.4. The Kier molecular flexibility index (Phi) is 8.42. The molecule has 1 aliphatic rings. The monoisotopic (exact) mass is 484 g/mol. The van der Waals surface area contributed by atoms with Crippen LogP contribution >= 0.6 is 23.4 Å². The molecule has 8 heteroatoms. The number of nitrogens with one attached hydrogen (secondary N) is 1. The van der Waals surface area contributed by atoms with Crippen molar-refractivity contribution in [2.75, 3.05) is 25.4 Å². The van der Waals surface area contributed by atoms with Crippen LogP contribution in [0.4, 0.5) is 0 Å². The van der Waals surface area contributed by atoms with Gasteiger partial charge in [0, 0.05) is 34.6 Å². The molecule has 0 aliphatic carbocycles. The minimum atomic E-state index is 0.0766. The smallest absolute Gasteiger partial charge is 0.241 e. The molecule has 1 aliphatic heterocycles. The van der Waals surface area contributed by atoms with Crippen LogP contribution in [0.15, 0.2) is 53.1 Å². The Bertz CT molecular complexity index is 1050. The second-order valence-electron chi connectivity index (χ2n) is 8.35. The topological polar surface area (TPSA) is 71.3 Å². The Labute approximate surface area is 204 Å². The van der Waals surface area contributed by atoms with Gasteiger partial charge in [0.15, 0.2) is 0 Å². The first-order chi connectivity index (χ1) is 16.1. The van der Waals surface area contributed by atoms with Crippen molar-refractivity contribution in [1.82, 2.24) is 20.4 Å². The first kappa shape index (κ1) is 23.8. The number of thioether (sulfide) groups is 1. The number of halogens is 1. The van der Waals surface area contributed by atoms with Crippen molar-refractivity contribution >= 4 is 29.3 Å². The van der Waals surface area contributed by atoms with Gasteiger partial charge in [-0.3, -0.25) is 9.69 Å². The molecule has 0 bridgehead atoms. The van der Waals surface area contributed by atoms with Crippen molar-refractivity contribution in [2.24, 2.45) is 5.92 Å². The van der Waals surface area contributed by atoms with Crippen LogP contribution in [-0.2, 0) is 17.1 Å². The summed E-state index contributed by atoms with van der Waals surface area (Å²) in [5, 5.41) is 8.00. The molecular formula is C25H29ClN4O2S. The molecule has 3 aromatic rings. The number of likely N-dealkylation sites (tertiary alicyclic amines) is 1. The molecule has 1 aromatic heterocycles. The maximum atomic E-state index is 12.5. The molecule has 1 amide bonds. The average molecular weight is 485 g/mol. The van der Waals surface area contributed by atoms with E-state index in [1.165, 1.54) is 5.56 Å². The van der Waals surface area contributed by atoms with E-state index in [-0.39, 0.29) is 11.8 Å². The Balaban J connectivity index is 1.14. The van der Waals surface area contributed by atoms with E-state index in [4.69, 9.17) is 16.1 Å². The summed E-state index contributed by atoms with van der Waals surface area (Å²) in [7, 11) is 0. The highest BCUT2D eigenvalue weighted by atomic mass is 35.5. The molecule has 33 heavy (non-hydrogen) atoms. The summed E-state index contributed by atoms with van der Waals surface area (Å²) in [5.74, 6) is 3.31. The molecule has 1 saturated heterocycles. The number of rotatable bonds is 9. The predicted molar refractivity (Wildman–Crippen MR) is 133 cm³/mol. The van der Waals surface area contributed by atoms with Gasteiger partial charge < -0.3 is 9.84 Å². The van der Waals surface area contributed by atoms with Gasteiger partial charge in [0.25, 0.3) is 0 Å². The van der Waals surface area contributed by atoms with E-state index in [9.17, 15) is 4.79 Å². The van der Waals surface area contributed by atoms with Crippen molar-refractivity contribution in [2.45, 2.75) is 32.1 Å². The van der Waals surface area contributed by atoms with E-state index in [1.54, 1.807) is 0 Å². The average Bonchev–Trinajstić information content (AvgIpc) is 3.29. The number of aromatic nitrogens is 2. The van der Waals surface area contributed by atoms with Crippen molar-refractivity contribution in [3.8, 4) is 11.4 Å². The summed E-state index contributed by atoms with van der Waals surface area (Å²) in [6.07, 6.45) is 1.70. The van der Waals surface area contributed by atoms with Gasteiger partial charge in [0.05, 0.1) is 6.54 Å². The highest BCUT2D eigenvalue weighted by molar-refractivity contribution is 7.98. The van der Waals surface area contributed by atoms with Crippen LogP contribution in [0, 0.1) is 12.8 Å². The van der Waals surface area contributed by atoms with Crippen molar-refractivity contribution in [3.05, 3.63) is 70.6 Å². The van der Waals surface area contributed by atoms with Gasteiger partial charge in [-0.05, 0) is 56.1 Å². The molecule has 1 N–H and O–H groups in total. The fourth-order valence-electron chi connectivity index (χ4n) is 3.96. The SMILES string of the molecule is Cc1ccccc1-c1noc(CN2CCC(C(=O)NCCSCc3ccc(Cl)cc3)CC2)n1. The lowest BCUT2D eigenvalue weighted by molar-refractivity contribution is -0.126. The van der Waals surface area contributed by atoms with E-state index < -0.39 is 0 Å². The molecule has 2 heterocycles. The third-order valence-corrected chi connectivity index (χ3v) is 7.18. The van der Waals surface area contributed by atoms with E-state index in [1.807, 2.05) is 67.2 Å². The summed E-state index contributed by atoms with van der Waals surface area (Å²) in [5.41, 5.74) is 3.37. The number of aryl methyl sites for hydroxylation is 1. The highest BCUT2D eigenvalue weighted by Gasteiger charge is 2.25. The van der Waals surface area contributed by atoms with E-state index in [0.717, 1.165) is 53.6 Å². The summed E-state index contributed by atoms with van der Waals surface area (Å²) in [4.78, 5) is 19.4. The van der Waals surface area contributed by atoms with Crippen molar-refractivity contribution in [1.29, 1.82) is 0 Å². The van der Waals surface area contributed by atoms with Crippen LogP contribution in [0.3, 0.4) is 0 Å². The maximum Gasteiger partial charge on any atom is 0.241 e. The number of benzene rings is 2. The van der Waals surface area contributed by atoms with Crippen LogP contribution in [-0.4, -0.2) is 46.3 Å². The molecule has 1 fully saturated rings. The van der Waals surface area contributed by atoms with Crippen LogP contribution in [0.2, 0.25) is 5.02 Å². The number of amides is 1. The molecule has 0 atom stereocenters. The molecular weight excluding hydrogens is 456 g/mol.